The summed E-state index contributed by atoms with van der Waals surface area (Å²) in [6.07, 6.45) is 0. The fourth-order valence-electron chi connectivity index (χ4n) is 3.05. The Balaban J connectivity index is 0.000000253. The number of rotatable bonds is 3. The van der Waals surface area contributed by atoms with Gasteiger partial charge in [0.1, 0.15) is 23.2 Å². The minimum Gasteiger partial charge on any atom is -0.872 e. The summed E-state index contributed by atoms with van der Waals surface area (Å²) >= 11 is 0. The summed E-state index contributed by atoms with van der Waals surface area (Å²) in [7, 11) is -1.53. The van der Waals surface area contributed by atoms with Gasteiger partial charge in [0, 0.05) is 0 Å². The van der Waals surface area contributed by atoms with Gasteiger partial charge in [-0.25, -0.2) is 0 Å². The van der Waals surface area contributed by atoms with Gasteiger partial charge in [0.05, 0.1) is 6.66 Å². The van der Waals surface area contributed by atoms with E-state index >= 15 is 0 Å². The molecular formula is C25H23OP. The van der Waals surface area contributed by atoms with Gasteiger partial charge in [-0.3, -0.25) is 0 Å². The molecule has 4 aromatic carbocycles. The maximum absolute atomic E-state index is 10.3. The third kappa shape index (κ3) is 4.64. The summed E-state index contributed by atoms with van der Waals surface area (Å²) in [5.41, 5.74) is 0. The molecule has 0 fully saturated rings. The lowest BCUT2D eigenvalue weighted by Crippen LogP contribution is -2.30. The van der Waals surface area contributed by atoms with Gasteiger partial charge in [-0.2, -0.15) is 0 Å². The second-order valence-corrected chi connectivity index (χ2v) is 9.89. The van der Waals surface area contributed by atoms with Crippen molar-refractivity contribution in [3.8, 4) is 5.75 Å². The molecule has 134 valence electrons. The lowest BCUT2D eigenvalue weighted by atomic mass is 10.3. The van der Waals surface area contributed by atoms with Crippen LogP contribution in [0.3, 0.4) is 0 Å². The summed E-state index contributed by atoms with van der Waals surface area (Å²) in [5.74, 6) is 0.0718. The van der Waals surface area contributed by atoms with E-state index in [0.29, 0.717) is 0 Å². The van der Waals surface area contributed by atoms with Crippen LogP contribution in [0, 0.1) is 0 Å². The second-order valence-electron chi connectivity index (χ2n) is 6.33. The Morgan fingerprint density at radius 2 is 0.704 bits per heavy atom. The molecular weight excluding hydrogens is 347 g/mol. The third-order valence-electron chi connectivity index (χ3n) is 4.56. The van der Waals surface area contributed by atoms with E-state index in [1.165, 1.54) is 28.0 Å². The van der Waals surface area contributed by atoms with Crippen molar-refractivity contribution in [2.75, 3.05) is 6.66 Å². The van der Waals surface area contributed by atoms with Crippen molar-refractivity contribution < 1.29 is 5.11 Å². The van der Waals surface area contributed by atoms with E-state index in [1.54, 1.807) is 12.1 Å². The molecule has 0 radical (unpaired) electrons. The first kappa shape index (κ1) is 18.9. The number of benzene rings is 4. The maximum atomic E-state index is 10.3. The number of hydrogen-bond acceptors (Lipinski definition) is 1. The van der Waals surface area contributed by atoms with Gasteiger partial charge < -0.3 is 5.11 Å². The monoisotopic (exact) mass is 370 g/mol. The van der Waals surface area contributed by atoms with Crippen LogP contribution in [0.2, 0.25) is 0 Å². The highest BCUT2D eigenvalue weighted by molar-refractivity contribution is 7.95. The van der Waals surface area contributed by atoms with E-state index in [0.717, 1.165) is 0 Å². The molecule has 4 aromatic rings. The molecule has 0 bridgehead atoms. The molecule has 0 amide bonds. The molecule has 0 atom stereocenters. The molecule has 0 unspecified atom stereocenters. The Labute approximate surface area is 162 Å². The smallest absolute Gasteiger partial charge is 0.109 e. The van der Waals surface area contributed by atoms with Gasteiger partial charge in [-0.1, -0.05) is 84.9 Å². The van der Waals surface area contributed by atoms with Crippen LogP contribution in [0.5, 0.6) is 5.75 Å². The maximum Gasteiger partial charge on any atom is 0.109 e. The highest BCUT2D eigenvalue weighted by Gasteiger charge is 2.39. The summed E-state index contributed by atoms with van der Waals surface area (Å²) < 4.78 is 0. The Bertz CT molecular complexity index is 826. The van der Waals surface area contributed by atoms with Crippen molar-refractivity contribution in [2.45, 2.75) is 0 Å². The van der Waals surface area contributed by atoms with Gasteiger partial charge in [-0.05, 0) is 36.4 Å². The molecule has 27 heavy (non-hydrogen) atoms. The number of hydrogen-bond donors (Lipinski definition) is 0. The Morgan fingerprint density at radius 1 is 0.444 bits per heavy atom. The molecule has 1 nitrogen and oxygen atoms in total. The van der Waals surface area contributed by atoms with Gasteiger partial charge in [0.25, 0.3) is 0 Å². The molecule has 0 aliphatic rings. The van der Waals surface area contributed by atoms with E-state index in [2.05, 4.69) is 97.7 Å². The predicted octanol–water partition coefficient (Wildman–Crippen LogP) is 4.37. The highest BCUT2D eigenvalue weighted by Crippen LogP contribution is 2.51. The molecule has 0 spiro atoms. The van der Waals surface area contributed by atoms with Crippen LogP contribution in [-0.2, 0) is 0 Å². The van der Waals surface area contributed by atoms with Crippen LogP contribution in [0.15, 0.2) is 121 Å². The fourth-order valence-corrected chi connectivity index (χ4v) is 6.25. The topological polar surface area (TPSA) is 23.1 Å². The first-order chi connectivity index (χ1) is 13.2. The van der Waals surface area contributed by atoms with Crippen LogP contribution >= 0.6 is 7.26 Å². The zero-order valence-electron chi connectivity index (χ0n) is 15.4. The van der Waals surface area contributed by atoms with E-state index in [-0.39, 0.29) is 5.75 Å². The zero-order valence-corrected chi connectivity index (χ0v) is 16.3. The summed E-state index contributed by atoms with van der Waals surface area (Å²) in [4.78, 5) is 0. The largest absolute Gasteiger partial charge is 0.872 e. The predicted molar refractivity (Wildman–Crippen MR) is 117 cm³/mol. The van der Waals surface area contributed by atoms with E-state index in [1.807, 2.05) is 6.07 Å². The molecule has 0 N–H and O–H groups in total. The van der Waals surface area contributed by atoms with E-state index < -0.39 is 7.26 Å². The lowest BCUT2D eigenvalue weighted by Gasteiger charge is -2.22. The standard InChI is InChI=1S/C19H18P.C6H6O/c1-20(17-11-5-2-6-12-17,18-13-7-3-8-14-18)19-15-9-4-10-16-19;7-6-4-2-1-3-5-6/h2-16H,1H3;1-5,7H/q+1;/p-1. The van der Waals surface area contributed by atoms with Crippen molar-refractivity contribution in [3.05, 3.63) is 121 Å². The van der Waals surface area contributed by atoms with Crippen molar-refractivity contribution >= 4 is 23.2 Å². The fraction of sp³-hybridized carbons (Fsp3) is 0.0400. The second kappa shape index (κ2) is 9.16. The molecule has 0 aliphatic carbocycles. The highest BCUT2D eigenvalue weighted by atomic mass is 31.2. The quantitative estimate of drug-likeness (QED) is 0.491. The van der Waals surface area contributed by atoms with Crippen LogP contribution in [-0.4, -0.2) is 6.66 Å². The Hall–Kier alpha value is -2.89. The first-order valence-corrected chi connectivity index (χ1v) is 11.2. The van der Waals surface area contributed by atoms with Crippen molar-refractivity contribution in [1.82, 2.24) is 0 Å². The SMILES string of the molecule is C[P+](c1ccccc1)(c1ccccc1)c1ccccc1.[O-]c1ccccc1. The minimum atomic E-state index is -1.53. The zero-order chi connectivity index (χ0) is 19.0. The lowest BCUT2D eigenvalue weighted by molar-refractivity contribution is -0.268. The third-order valence-corrected chi connectivity index (χ3v) is 8.55. The molecule has 2 heteroatoms. The average Bonchev–Trinajstić information content (AvgIpc) is 2.76. The molecule has 4 rings (SSSR count). The molecule has 0 heterocycles. The van der Waals surface area contributed by atoms with Gasteiger partial charge in [0.2, 0.25) is 0 Å². The van der Waals surface area contributed by atoms with E-state index in [4.69, 9.17) is 0 Å². The summed E-state index contributed by atoms with van der Waals surface area (Å²) in [6, 6.07) is 41.0. The molecule has 0 saturated carbocycles. The van der Waals surface area contributed by atoms with Gasteiger partial charge in [-0.15, -0.1) is 5.75 Å². The van der Waals surface area contributed by atoms with Crippen molar-refractivity contribution in [2.24, 2.45) is 0 Å². The normalized spacial score (nSPS) is 10.6. The first-order valence-electron chi connectivity index (χ1n) is 8.96. The van der Waals surface area contributed by atoms with Crippen LogP contribution in [0.4, 0.5) is 0 Å². The summed E-state index contributed by atoms with van der Waals surface area (Å²) in [6.45, 7) is 2.41. The Morgan fingerprint density at radius 3 is 0.926 bits per heavy atom. The van der Waals surface area contributed by atoms with Crippen molar-refractivity contribution in [1.29, 1.82) is 0 Å². The van der Waals surface area contributed by atoms with E-state index in [9.17, 15) is 5.11 Å². The Kier molecular flexibility index (Phi) is 6.41. The van der Waals surface area contributed by atoms with Gasteiger partial charge in [0.15, 0.2) is 0 Å². The molecule has 0 saturated heterocycles. The minimum absolute atomic E-state index is 0.0718. The van der Waals surface area contributed by atoms with Gasteiger partial charge >= 0.3 is 0 Å². The van der Waals surface area contributed by atoms with Crippen LogP contribution in [0.25, 0.3) is 0 Å². The van der Waals surface area contributed by atoms with Crippen molar-refractivity contribution in [3.63, 3.8) is 0 Å². The van der Waals surface area contributed by atoms with Crippen LogP contribution in [0.1, 0.15) is 0 Å². The molecule has 0 aromatic heterocycles. The van der Waals surface area contributed by atoms with Crippen LogP contribution < -0.4 is 21.0 Å². The number of para-hydroxylation sites is 1. The molecule has 0 aliphatic heterocycles. The summed E-state index contributed by atoms with van der Waals surface area (Å²) in [5, 5.41) is 14.6. The average molecular weight is 370 g/mol.